The first-order valence-corrected chi connectivity index (χ1v) is 9.20. The van der Waals surface area contributed by atoms with Crippen LogP contribution < -0.4 is 9.62 Å². The summed E-state index contributed by atoms with van der Waals surface area (Å²) in [7, 11) is 0.411. The largest absolute Gasteiger partial charge is 0.369 e. The Morgan fingerprint density at radius 3 is 2.61 bits per heavy atom. The van der Waals surface area contributed by atoms with Gasteiger partial charge in [0, 0.05) is 25.2 Å². The molecular formula is C16H24N4O2S. The van der Waals surface area contributed by atoms with Crippen LogP contribution in [-0.4, -0.2) is 52.6 Å². The minimum atomic E-state index is -3.65. The van der Waals surface area contributed by atoms with E-state index in [9.17, 15) is 8.42 Å². The number of hydrogen-bond acceptors (Lipinski definition) is 5. The lowest BCUT2D eigenvalue weighted by molar-refractivity contribution is 0.315. The molecule has 126 valence electrons. The lowest BCUT2D eigenvalue weighted by Crippen LogP contribution is -2.34. The van der Waals surface area contributed by atoms with Crippen LogP contribution >= 0.6 is 0 Å². The molecular weight excluding hydrogens is 312 g/mol. The highest BCUT2D eigenvalue weighted by Crippen LogP contribution is 2.30. The van der Waals surface area contributed by atoms with Gasteiger partial charge in [-0.1, -0.05) is 0 Å². The average molecular weight is 336 g/mol. The molecule has 0 unspecified atom stereocenters. The van der Waals surface area contributed by atoms with Gasteiger partial charge in [-0.25, -0.2) is 13.1 Å². The van der Waals surface area contributed by atoms with E-state index in [2.05, 4.69) is 14.5 Å². The smallest absolute Gasteiger partial charge is 0.242 e. The molecule has 1 heterocycles. The molecule has 0 amide bonds. The number of sulfonamides is 1. The summed E-state index contributed by atoms with van der Waals surface area (Å²) in [6, 6.07) is 7.09. The number of nitrogens with zero attached hydrogens (tertiary/aromatic N) is 3. The van der Waals surface area contributed by atoms with Crippen LogP contribution in [0, 0.1) is 11.3 Å². The SMILES string of the molecule is CC(C)NS(=O)(=O)c1cc(C#N)ccc1N1CC[C@@H](N(C)C)C1. The summed E-state index contributed by atoms with van der Waals surface area (Å²) in [4.78, 5) is 4.43. The lowest BCUT2D eigenvalue weighted by atomic mass is 10.2. The van der Waals surface area contributed by atoms with Crippen LogP contribution in [-0.2, 0) is 10.0 Å². The first-order chi connectivity index (χ1) is 10.7. The van der Waals surface area contributed by atoms with Gasteiger partial charge in [0.05, 0.1) is 17.3 Å². The Labute approximate surface area is 138 Å². The Balaban J connectivity index is 2.43. The number of likely N-dealkylation sites (N-methyl/N-ethyl adjacent to an activating group) is 1. The average Bonchev–Trinajstić information content (AvgIpc) is 2.95. The van der Waals surface area contributed by atoms with Crippen molar-refractivity contribution in [2.45, 2.75) is 37.2 Å². The maximum atomic E-state index is 12.6. The van der Waals surface area contributed by atoms with Crippen LogP contribution in [0.2, 0.25) is 0 Å². The van der Waals surface area contributed by atoms with Crippen LogP contribution in [0.3, 0.4) is 0 Å². The van der Waals surface area contributed by atoms with Gasteiger partial charge >= 0.3 is 0 Å². The summed E-state index contributed by atoms with van der Waals surface area (Å²) in [5.41, 5.74) is 1.02. The molecule has 1 aliphatic heterocycles. The normalized spacial score (nSPS) is 18.7. The third-order valence-electron chi connectivity index (χ3n) is 4.00. The summed E-state index contributed by atoms with van der Waals surface area (Å²) in [5, 5.41) is 9.10. The highest BCUT2D eigenvalue weighted by molar-refractivity contribution is 7.89. The minimum absolute atomic E-state index is 0.185. The van der Waals surface area contributed by atoms with E-state index in [1.807, 2.05) is 20.2 Å². The summed E-state index contributed by atoms with van der Waals surface area (Å²) < 4.78 is 27.9. The van der Waals surface area contributed by atoms with Crippen molar-refractivity contribution in [2.24, 2.45) is 0 Å². The molecule has 1 saturated heterocycles. The second kappa shape index (κ2) is 6.87. The van der Waals surface area contributed by atoms with E-state index >= 15 is 0 Å². The zero-order valence-electron chi connectivity index (χ0n) is 14.1. The Morgan fingerprint density at radius 2 is 2.09 bits per heavy atom. The third kappa shape index (κ3) is 4.02. The zero-order chi connectivity index (χ0) is 17.2. The number of nitrogens with one attached hydrogen (secondary N) is 1. The van der Waals surface area contributed by atoms with Gasteiger partial charge in [0.15, 0.2) is 0 Å². The Bertz CT molecular complexity index is 707. The van der Waals surface area contributed by atoms with Crippen LogP contribution in [0.25, 0.3) is 0 Å². The second-order valence-corrected chi connectivity index (χ2v) is 8.10. The summed E-state index contributed by atoms with van der Waals surface area (Å²) in [6.07, 6.45) is 0.990. The molecule has 0 saturated carbocycles. The van der Waals surface area contributed by atoms with Gasteiger partial charge in [0.25, 0.3) is 0 Å². The van der Waals surface area contributed by atoms with Gasteiger partial charge in [0.2, 0.25) is 10.0 Å². The van der Waals surface area contributed by atoms with Crippen LogP contribution in [0.4, 0.5) is 5.69 Å². The molecule has 6 nitrogen and oxygen atoms in total. The summed E-state index contributed by atoms with van der Waals surface area (Å²) in [6.45, 7) is 5.15. The fraction of sp³-hybridized carbons (Fsp3) is 0.562. The molecule has 0 radical (unpaired) electrons. The fourth-order valence-corrected chi connectivity index (χ4v) is 4.32. The number of anilines is 1. The van der Waals surface area contributed by atoms with Gasteiger partial charge in [0.1, 0.15) is 4.90 Å². The van der Waals surface area contributed by atoms with Gasteiger partial charge < -0.3 is 9.80 Å². The highest BCUT2D eigenvalue weighted by Gasteiger charge is 2.29. The quantitative estimate of drug-likeness (QED) is 0.879. The maximum absolute atomic E-state index is 12.6. The van der Waals surface area contributed by atoms with Crippen molar-refractivity contribution in [1.82, 2.24) is 9.62 Å². The first-order valence-electron chi connectivity index (χ1n) is 7.72. The standard InChI is InChI=1S/C16H24N4O2S/c1-12(2)18-23(21,22)16-9-13(10-17)5-6-15(16)20-8-7-14(11-20)19(3)4/h5-6,9,12,14,18H,7-8,11H2,1-4H3/t14-/m1/s1. The van der Waals surface area contributed by atoms with Crippen molar-refractivity contribution in [3.63, 3.8) is 0 Å². The summed E-state index contributed by atoms with van der Waals surface area (Å²) >= 11 is 0. The highest BCUT2D eigenvalue weighted by atomic mass is 32.2. The van der Waals surface area contributed by atoms with Crippen LogP contribution in [0.1, 0.15) is 25.8 Å². The third-order valence-corrected chi connectivity index (χ3v) is 5.69. The molecule has 23 heavy (non-hydrogen) atoms. The van der Waals surface area contributed by atoms with E-state index in [0.717, 1.165) is 19.5 Å². The molecule has 0 aliphatic carbocycles. The molecule has 1 aromatic carbocycles. The van der Waals surface area contributed by atoms with Crippen molar-refractivity contribution in [1.29, 1.82) is 5.26 Å². The van der Waals surface area contributed by atoms with Crippen LogP contribution in [0.5, 0.6) is 0 Å². The van der Waals surface area contributed by atoms with Crippen molar-refractivity contribution >= 4 is 15.7 Å². The molecule has 2 rings (SSSR count). The molecule has 1 atom stereocenters. The number of rotatable bonds is 5. The van der Waals surface area contributed by atoms with E-state index in [4.69, 9.17) is 5.26 Å². The van der Waals surface area contributed by atoms with Crippen molar-refractivity contribution in [2.75, 3.05) is 32.1 Å². The number of hydrogen-bond donors (Lipinski definition) is 1. The van der Waals surface area contributed by atoms with E-state index in [0.29, 0.717) is 17.3 Å². The van der Waals surface area contributed by atoms with E-state index in [1.54, 1.807) is 26.0 Å². The minimum Gasteiger partial charge on any atom is -0.369 e. The molecule has 0 spiro atoms. The van der Waals surface area contributed by atoms with Crippen molar-refractivity contribution < 1.29 is 8.42 Å². The fourth-order valence-electron chi connectivity index (χ4n) is 2.82. The van der Waals surface area contributed by atoms with Crippen molar-refractivity contribution in [3.8, 4) is 6.07 Å². The molecule has 0 aromatic heterocycles. The molecule has 1 fully saturated rings. The Kier molecular flexibility index (Phi) is 5.30. The molecule has 7 heteroatoms. The molecule has 0 bridgehead atoms. The lowest BCUT2D eigenvalue weighted by Gasteiger charge is -2.24. The van der Waals surface area contributed by atoms with E-state index in [-0.39, 0.29) is 10.9 Å². The number of benzene rings is 1. The Hall–Kier alpha value is -1.62. The Morgan fingerprint density at radius 1 is 1.39 bits per heavy atom. The predicted octanol–water partition coefficient (Wildman–Crippen LogP) is 1.39. The zero-order valence-corrected chi connectivity index (χ0v) is 14.9. The van der Waals surface area contributed by atoms with Crippen molar-refractivity contribution in [3.05, 3.63) is 23.8 Å². The van der Waals surface area contributed by atoms with Gasteiger partial charge in [-0.15, -0.1) is 0 Å². The van der Waals surface area contributed by atoms with Gasteiger partial charge in [-0.05, 0) is 52.6 Å². The molecule has 1 aromatic rings. The second-order valence-electron chi connectivity index (χ2n) is 6.42. The summed E-state index contributed by atoms with van der Waals surface area (Å²) in [5.74, 6) is 0. The molecule has 1 N–H and O–H groups in total. The predicted molar refractivity (Wildman–Crippen MR) is 90.9 cm³/mol. The van der Waals surface area contributed by atoms with Gasteiger partial charge in [-0.3, -0.25) is 0 Å². The van der Waals surface area contributed by atoms with E-state index in [1.165, 1.54) is 6.07 Å². The van der Waals surface area contributed by atoms with E-state index < -0.39 is 10.0 Å². The van der Waals surface area contributed by atoms with Gasteiger partial charge in [-0.2, -0.15) is 5.26 Å². The van der Waals surface area contributed by atoms with Crippen LogP contribution in [0.15, 0.2) is 23.1 Å². The monoisotopic (exact) mass is 336 g/mol. The molecule has 1 aliphatic rings. The maximum Gasteiger partial charge on any atom is 0.242 e. The first kappa shape index (κ1) is 17.7. The number of nitriles is 1. The topological polar surface area (TPSA) is 76.4 Å².